The molecule has 0 aliphatic rings. The minimum absolute atomic E-state index is 0.0895. The molecule has 172 valence electrons. The molecule has 0 unspecified atom stereocenters. The average Bonchev–Trinajstić information content (AvgIpc) is 3.24. The van der Waals surface area contributed by atoms with Gasteiger partial charge in [-0.25, -0.2) is 13.4 Å². The fraction of sp³-hybridized carbons (Fsp3) is 0.190. The summed E-state index contributed by atoms with van der Waals surface area (Å²) in [5.74, 6) is 0.637. The maximum absolute atomic E-state index is 12.9. The Hall–Kier alpha value is -3.67. The predicted octanol–water partition coefficient (Wildman–Crippen LogP) is 4.00. The first-order chi connectivity index (χ1) is 15.6. The van der Waals surface area contributed by atoms with Crippen molar-refractivity contribution in [1.29, 1.82) is 0 Å². The molecule has 0 saturated carbocycles. The first-order valence-electron chi connectivity index (χ1n) is 9.73. The van der Waals surface area contributed by atoms with Crippen LogP contribution in [-0.2, 0) is 29.1 Å². The second-order valence-corrected chi connectivity index (χ2v) is 9.33. The van der Waals surface area contributed by atoms with E-state index in [-0.39, 0.29) is 17.4 Å². The van der Waals surface area contributed by atoms with Gasteiger partial charge in [-0.2, -0.15) is 23.1 Å². The van der Waals surface area contributed by atoms with Crippen molar-refractivity contribution in [3.8, 4) is 0 Å². The monoisotopic (exact) mass is 476 g/mol. The van der Waals surface area contributed by atoms with Crippen LogP contribution in [0.25, 0.3) is 11.2 Å². The molecular formula is C21H19F3N6O2S. The van der Waals surface area contributed by atoms with Crippen molar-refractivity contribution >= 4 is 32.8 Å². The van der Waals surface area contributed by atoms with Gasteiger partial charge < -0.3 is 15.6 Å². The largest absolute Gasteiger partial charge is 0.416 e. The highest BCUT2D eigenvalue weighted by Crippen LogP contribution is 2.29. The number of imidazole rings is 1. The first kappa shape index (κ1) is 22.5. The minimum atomic E-state index is -4.42. The zero-order valence-electron chi connectivity index (χ0n) is 17.3. The summed E-state index contributed by atoms with van der Waals surface area (Å²) in [5.41, 5.74) is 1.47. The van der Waals surface area contributed by atoms with Crippen LogP contribution in [-0.4, -0.2) is 34.6 Å². The van der Waals surface area contributed by atoms with Crippen LogP contribution in [0.2, 0.25) is 0 Å². The summed E-state index contributed by atoms with van der Waals surface area (Å²) < 4.78 is 62.0. The van der Waals surface area contributed by atoms with E-state index in [4.69, 9.17) is 0 Å². The molecule has 0 radical (unpaired) electrons. The van der Waals surface area contributed by atoms with Crippen molar-refractivity contribution in [1.82, 2.24) is 19.9 Å². The van der Waals surface area contributed by atoms with Crippen LogP contribution in [0, 0.1) is 0 Å². The number of benzene rings is 2. The van der Waals surface area contributed by atoms with Gasteiger partial charge in [0.25, 0.3) is 0 Å². The zero-order chi connectivity index (χ0) is 23.6. The van der Waals surface area contributed by atoms with Gasteiger partial charge in [-0.15, -0.1) is 0 Å². The van der Waals surface area contributed by atoms with E-state index in [1.165, 1.54) is 24.5 Å². The van der Waals surface area contributed by atoms with Gasteiger partial charge in [0.1, 0.15) is 5.52 Å². The summed E-state index contributed by atoms with van der Waals surface area (Å²) in [4.78, 5) is 16.0. The molecule has 0 atom stereocenters. The highest BCUT2D eigenvalue weighted by atomic mass is 32.2. The van der Waals surface area contributed by atoms with E-state index >= 15 is 0 Å². The third-order valence-electron chi connectivity index (χ3n) is 4.80. The summed E-state index contributed by atoms with van der Waals surface area (Å²) >= 11 is 0. The summed E-state index contributed by atoms with van der Waals surface area (Å²) in [6.45, 7) is 0.439. The predicted molar refractivity (Wildman–Crippen MR) is 117 cm³/mol. The lowest BCUT2D eigenvalue weighted by Gasteiger charge is -2.11. The quantitative estimate of drug-likeness (QED) is 0.370. The van der Waals surface area contributed by atoms with Gasteiger partial charge in [-0.3, -0.25) is 0 Å². The normalized spacial score (nSPS) is 12.1. The van der Waals surface area contributed by atoms with E-state index in [0.29, 0.717) is 29.1 Å². The van der Waals surface area contributed by atoms with Crippen LogP contribution >= 0.6 is 0 Å². The Labute approximate surface area is 187 Å². The molecule has 0 fully saturated rings. The lowest BCUT2D eigenvalue weighted by Crippen LogP contribution is -2.09. The molecule has 4 rings (SSSR count). The number of rotatable bonds is 7. The van der Waals surface area contributed by atoms with Gasteiger partial charge in [-0.05, 0) is 35.4 Å². The van der Waals surface area contributed by atoms with E-state index in [1.807, 2.05) is 0 Å². The third kappa shape index (κ3) is 5.40. The molecule has 0 aliphatic carbocycles. The van der Waals surface area contributed by atoms with Gasteiger partial charge in [-0.1, -0.05) is 24.3 Å². The average molecular weight is 476 g/mol. The number of anilines is 2. The molecule has 0 amide bonds. The van der Waals surface area contributed by atoms with Crippen molar-refractivity contribution in [2.75, 3.05) is 16.9 Å². The molecule has 2 heterocycles. The Bertz CT molecular complexity index is 1390. The molecule has 12 heteroatoms. The second kappa shape index (κ2) is 8.70. The molecule has 4 aromatic rings. The van der Waals surface area contributed by atoms with Gasteiger partial charge in [0, 0.05) is 19.3 Å². The number of halogens is 3. The van der Waals surface area contributed by atoms with Crippen molar-refractivity contribution in [3.63, 3.8) is 0 Å². The number of hydrogen-bond donors (Lipinski definition) is 3. The Morgan fingerprint density at radius 2 is 1.70 bits per heavy atom. The van der Waals surface area contributed by atoms with Gasteiger partial charge in [0.2, 0.25) is 5.95 Å². The molecule has 0 aliphatic heterocycles. The topological polar surface area (TPSA) is 113 Å². The van der Waals surface area contributed by atoms with Crippen LogP contribution in [0.1, 0.15) is 16.7 Å². The number of sulfone groups is 1. The van der Waals surface area contributed by atoms with Crippen LogP contribution in [0.5, 0.6) is 0 Å². The maximum Gasteiger partial charge on any atom is 0.416 e. The molecule has 0 spiro atoms. The first-order valence-corrected chi connectivity index (χ1v) is 11.6. The molecule has 2 aromatic heterocycles. The van der Waals surface area contributed by atoms with Crippen molar-refractivity contribution < 1.29 is 21.6 Å². The smallest absolute Gasteiger partial charge is 0.364 e. The van der Waals surface area contributed by atoms with Crippen molar-refractivity contribution in [2.24, 2.45) is 0 Å². The van der Waals surface area contributed by atoms with Crippen molar-refractivity contribution in [2.45, 2.75) is 24.2 Å². The number of alkyl halides is 3. The number of fused-ring (bicyclic) bond motifs is 1. The van der Waals surface area contributed by atoms with Crippen LogP contribution in [0.3, 0.4) is 0 Å². The Kier molecular flexibility index (Phi) is 5.93. The molecule has 0 bridgehead atoms. The van der Waals surface area contributed by atoms with Crippen molar-refractivity contribution in [3.05, 3.63) is 71.5 Å². The van der Waals surface area contributed by atoms with Gasteiger partial charge in [0.15, 0.2) is 21.3 Å². The number of hydrogen-bond acceptors (Lipinski definition) is 7. The van der Waals surface area contributed by atoms with Crippen LogP contribution < -0.4 is 10.6 Å². The van der Waals surface area contributed by atoms with E-state index in [2.05, 4.69) is 30.6 Å². The fourth-order valence-corrected chi connectivity index (χ4v) is 3.75. The second-order valence-electron chi connectivity index (χ2n) is 7.32. The minimum Gasteiger partial charge on any atom is -0.364 e. The zero-order valence-corrected chi connectivity index (χ0v) is 18.1. The van der Waals surface area contributed by atoms with E-state index < -0.39 is 21.6 Å². The third-order valence-corrected chi connectivity index (χ3v) is 5.93. The number of nitrogens with zero attached hydrogens (tertiary/aromatic N) is 3. The summed E-state index contributed by atoms with van der Waals surface area (Å²) in [6.07, 6.45) is -1.82. The molecule has 8 nitrogen and oxygen atoms in total. The molecule has 0 saturated heterocycles. The molecular weight excluding hydrogens is 457 g/mol. The fourth-order valence-electron chi connectivity index (χ4n) is 3.12. The summed E-state index contributed by atoms with van der Waals surface area (Å²) in [5, 5.41) is 6.09. The Balaban J connectivity index is 1.50. The maximum atomic E-state index is 12.9. The van der Waals surface area contributed by atoms with Crippen LogP contribution in [0.15, 0.2) is 59.8 Å². The number of aromatic amines is 1. The standard InChI is InChI=1S/C21H19F3N6O2S/c1-33(31,32)16-7-5-13(6-8-16)10-25-18-17-19(28-12-27-17)30-20(29-18)26-11-14-3-2-4-15(9-14)21(22,23)24/h2-9,12H,10-11H2,1H3,(H3,25,26,27,28,29,30). The SMILES string of the molecule is CS(=O)(=O)c1ccc(CNc2nc(NCc3cccc(C(F)(F)F)c3)nc3nc[nH]c23)cc1. The van der Waals surface area contributed by atoms with Gasteiger partial charge >= 0.3 is 6.18 Å². The van der Waals surface area contributed by atoms with Crippen LogP contribution in [0.4, 0.5) is 24.9 Å². The lowest BCUT2D eigenvalue weighted by atomic mass is 10.1. The summed E-state index contributed by atoms with van der Waals surface area (Å²) in [7, 11) is -3.28. The Morgan fingerprint density at radius 1 is 0.970 bits per heavy atom. The van der Waals surface area contributed by atoms with Gasteiger partial charge in [0.05, 0.1) is 16.8 Å². The lowest BCUT2D eigenvalue weighted by molar-refractivity contribution is -0.137. The number of nitrogens with one attached hydrogen (secondary N) is 3. The highest BCUT2D eigenvalue weighted by molar-refractivity contribution is 7.90. The van der Waals surface area contributed by atoms with E-state index in [1.54, 1.807) is 18.2 Å². The molecule has 2 aromatic carbocycles. The number of aromatic nitrogens is 4. The molecule has 33 heavy (non-hydrogen) atoms. The Morgan fingerprint density at radius 3 is 2.39 bits per heavy atom. The van der Waals surface area contributed by atoms with E-state index in [0.717, 1.165) is 24.0 Å². The number of H-pyrrole nitrogens is 1. The summed E-state index contributed by atoms with van der Waals surface area (Å²) in [6, 6.07) is 11.5. The van der Waals surface area contributed by atoms with E-state index in [9.17, 15) is 21.6 Å². The highest BCUT2D eigenvalue weighted by Gasteiger charge is 2.30. The molecule has 3 N–H and O–H groups in total.